The number of fused-ring (bicyclic) bond motifs is 1. The first-order chi connectivity index (χ1) is 9.67. The molecule has 1 N–H and O–H groups in total. The summed E-state index contributed by atoms with van der Waals surface area (Å²) in [6.45, 7) is 0.656. The van der Waals surface area contributed by atoms with Crippen LogP contribution in [0.4, 0.5) is 5.82 Å². The van der Waals surface area contributed by atoms with E-state index in [9.17, 15) is 0 Å². The summed E-state index contributed by atoms with van der Waals surface area (Å²) in [6, 6.07) is 7.74. The van der Waals surface area contributed by atoms with Crippen molar-refractivity contribution in [3.8, 4) is 0 Å². The molecule has 2 aromatic heterocycles. The van der Waals surface area contributed by atoms with Gasteiger partial charge >= 0.3 is 0 Å². The van der Waals surface area contributed by atoms with E-state index in [4.69, 9.17) is 11.6 Å². The summed E-state index contributed by atoms with van der Waals surface area (Å²) in [5.74, 6) is 0.701. The van der Waals surface area contributed by atoms with Gasteiger partial charge in [-0.05, 0) is 33.6 Å². The minimum atomic E-state index is 0.530. The lowest BCUT2D eigenvalue weighted by molar-refractivity contribution is 0.811. The van der Waals surface area contributed by atoms with Gasteiger partial charge in [-0.1, -0.05) is 23.7 Å². The summed E-state index contributed by atoms with van der Waals surface area (Å²) in [5.41, 5.74) is 2.62. The molecular formula is C13H11BrClN5. The van der Waals surface area contributed by atoms with Gasteiger partial charge in [-0.2, -0.15) is 0 Å². The summed E-state index contributed by atoms with van der Waals surface area (Å²) < 4.78 is 2.50. The van der Waals surface area contributed by atoms with Crippen LogP contribution in [0.1, 0.15) is 5.56 Å². The molecule has 0 unspecified atom stereocenters. The fourth-order valence-electron chi connectivity index (χ4n) is 2.04. The van der Waals surface area contributed by atoms with Crippen molar-refractivity contribution in [3.63, 3.8) is 0 Å². The van der Waals surface area contributed by atoms with Crippen molar-refractivity contribution in [2.24, 2.45) is 0 Å². The number of nitrogens with zero attached hydrogens (tertiary/aromatic N) is 4. The number of aromatic nitrogens is 4. The Morgan fingerprint density at radius 3 is 2.95 bits per heavy atom. The quantitative estimate of drug-likeness (QED) is 0.735. The Kier molecular flexibility index (Phi) is 3.58. The Morgan fingerprint density at radius 2 is 2.20 bits per heavy atom. The molecule has 3 aromatic rings. The summed E-state index contributed by atoms with van der Waals surface area (Å²) in [5, 5.41) is 3.74. The normalized spacial score (nSPS) is 10.9. The minimum Gasteiger partial charge on any atom is -0.371 e. The summed E-state index contributed by atoms with van der Waals surface area (Å²) in [4.78, 5) is 13.0. The van der Waals surface area contributed by atoms with E-state index in [1.54, 1.807) is 6.33 Å². The highest BCUT2D eigenvalue weighted by Crippen LogP contribution is 2.21. The molecule has 0 atom stereocenters. The standard InChI is InChI=1S/C13H11BrClN5/c1-16-11-10-12(19-13(14)18-11)20(7-17-10)6-8-3-2-4-9(15)5-8/h2-5,7H,6H2,1H3,(H,16,18,19). The topological polar surface area (TPSA) is 55.6 Å². The molecule has 0 spiro atoms. The zero-order valence-corrected chi connectivity index (χ0v) is 13.0. The molecule has 2 heterocycles. The molecule has 5 nitrogen and oxygen atoms in total. The third kappa shape index (κ3) is 2.48. The highest BCUT2D eigenvalue weighted by molar-refractivity contribution is 9.10. The van der Waals surface area contributed by atoms with Crippen LogP contribution in [-0.2, 0) is 6.54 Å². The highest BCUT2D eigenvalue weighted by atomic mass is 79.9. The molecule has 102 valence electrons. The summed E-state index contributed by atoms with van der Waals surface area (Å²) in [6.07, 6.45) is 1.76. The van der Waals surface area contributed by atoms with Crippen LogP contribution in [0.5, 0.6) is 0 Å². The highest BCUT2D eigenvalue weighted by Gasteiger charge is 2.11. The molecule has 3 rings (SSSR count). The van der Waals surface area contributed by atoms with Crippen LogP contribution in [-0.4, -0.2) is 26.6 Å². The van der Waals surface area contributed by atoms with E-state index in [-0.39, 0.29) is 0 Å². The number of hydrogen-bond donors (Lipinski definition) is 1. The van der Waals surface area contributed by atoms with Crippen molar-refractivity contribution < 1.29 is 0 Å². The molecule has 0 saturated carbocycles. The number of nitrogens with one attached hydrogen (secondary N) is 1. The van der Waals surface area contributed by atoms with Gasteiger partial charge in [0.15, 0.2) is 17.0 Å². The SMILES string of the molecule is CNc1nc(Br)nc2c1ncn2Cc1cccc(Cl)c1. The van der Waals surface area contributed by atoms with Crippen molar-refractivity contribution >= 4 is 44.5 Å². The summed E-state index contributed by atoms with van der Waals surface area (Å²) >= 11 is 9.32. The lowest BCUT2D eigenvalue weighted by Crippen LogP contribution is -2.01. The number of benzene rings is 1. The number of rotatable bonds is 3. The predicted octanol–water partition coefficient (Wildman–Crippen LogP) is 3.33. The van der Waals surface area contributed by atoms with E-state index in [1.165, 1.54) is 0 Å². The molecule has 0 amide bonds. The van der Waals surface area contributed by atoms with Gasteiger partial charge in [0.2, 0.25) is 4.73 Å². The van der Waals surface area contributed by atoms with Crippen molar-refractivity contribution in [2.45, 2.75) is 6.54 Å². The van der Waals surface area contributed by atoms with Crippen LogP contribution in [0.2, 0.25) is 5.02 Å². The first-order valence-corrected chi connectivity index (χ1v) is 7.15. The Labute approximate surface area is 129 Å². The lowest BCUT2D eigenvalue weighted by atomic mass is 10.2. The Balaban J connectivity index is 2.06. The van der Waals surface area contributed by atoms with Gasteiger partial charge in [0, 0.05) is 12.1 Å². The van der Waals surface area contributed by atoms with Gasteiger partial charge in [-0.15, -0.1) is 0 Å². The molecule has 0 aliphatic heterocycles. The van der Waals surface area contributed by atoms with Crippen molar-refractivity contribution in [1.82, 2.24) is 19.5 Å². The van der Waals surface area contributed by atoms with Crippen molar-refractivity contribution in [2.75, 3.05) is 12.4 Å². The van der Waals surface area contributed by atoms with Crippen molar-refractivity contribution in [1.29, 1.82) is 0 Å². The van der Waals surface area contributed by atoms with Gasteiger partial charge in [0.25, 0.3) is 0 Å². The Bertz CT molecular complexity index is 771. The summed E-state index contributed by atoms with van der Waals surface area (Å²) in [7, 11) is 1.81. The fraction of sp³-hybridized carbons (Fsp3) is 0.154. The second kappa shape index (κ2) is 5.38. The van der Waals surface area contributed by atoms with Gasteiger partial charge < -0.3 is 9.88 Å². The van der Waals surface area contributed by atoms with Crippen LogP contribution >= 0.6 is 27.5 Å². The van der Waals surface area contributed by atoms with Crippen LogP contribution in [0, 0.1) is 0 Å². The first-order valence-electron chi connectivity index (χ1n) is 5.98. The van der Waals surface area contributed by atoms with Gasteiger partial charge in [0.05, 0.1) is 12.9 Å². The Morgan fingerprint density at radius 1 is 1.35 bits per heavy atom. The maximum atomic E-state index is 6.01. The minimum absolute atomic E-state index is 0.530. The third-order valence-corrected chi connectivity index (χ3v) is 3.51. The van der Waals surface area contributed by atoms with E-state index in [0.717, 1.165) is 21.7 Å². The van der Waals surface area contributed by atoms with E-state index in [1.807, 2.05) is 35.9 Å². The van der Waals surface area contributed by atoms with Crippen LogP contribution < -0.4 is 5.32 Å². The molecule has 20 heavy (non-hydrogen) atoms. The zero-order chi connectivity index (χ0) is 14.1. The average molecular weight is 353 g/mol. The molecular weight excluding hydrogens is 342 g/mol. The van der Waals surface area contributed by atoms with Gasteiger partial charge in [-0.25, -0.2) is 15.0 Å². The average Bonchev–Trinajstić information content (AvgIpc) is 2.81. The van der Waals surface area contributed by atoms with Gasteiger partial charge in [0.1, 0.15) is 0 Å². The number of hydrogen-bond acceptors (Lipinski definition) is 4. The van der Waals surface area contributed by atoms with E-state index in [0.29, 0.717) is 17.1 Å². The number of imidazole rings is 1. The molecule has 7 heteroatoms. The second-order valence-corrected chi connectivity index (χ2v) is 5.41. The largest absolute Gasteiger partial charge is 0.371 e. The Hall–Kier alpha value is -1.66. The van der Waals surface area contributed by atoms with E-state index >= 15 is 0 Å². The predicted molar refractivity (Wildman–Crippen MR) is 83.1 cm³/mol. The number of halogens is 2. The molecule has 1 aromatic carbocycles. The van der Waals surface area contributed by atoms with E-state index < -0.39 is 0 Å². The zero-order valence-electron chi connectivity index (χ0n) is 10.6. The monoisotopic (exact) mass is 351 g/mol. The van der Waals surface area contributed by atoms with Crippen molar-refractivity contribution in [3.05, 3.63) is 45.9 Å². The number of anilines is 1. The van der Waals surface area contributed by atoms with Crippen LogP contribution in [0.15, 0.2) is 35.3 Å². The third-order valence-electron chi connectivity index (χ3n) is 2.92. The van der Waals surface area contributed by atoms with E-state index in [2.05, 4.69) is 36.2 Å². The van der Waals surface area contributed by atoms with Gasteiger partial charge in [-0.3, -0.25) is 0 Å². The fourth-order valence-corrected chi connectivity index (χ4v) is 2.60. The first kappa shape index (κ1) is 13.3. The molecule has 0 aliphatic carbocycles. The molecule has 0 radical (unpaired) electrons. The molecule has 0 fully saturated rings. The van der Waals surface area contributed by atoms with Crippen LogP contribution in [0.25, 0.3) is 11.2 Å². The maximum Gasteiger partial charge on any atom is 0.200 e. The molecule has 0 saturated heterocycles. The molecule has 0 bridgehead atoms. The van der Waals surface area contributed by atoms with Crippen LogP contribution in [0.3, 0.4) is 0 Å². The molecule has 0 aliphatic rings. The second-order valence-electron chi connectivity index (χ2n) is 4.27. The smallest absolute Gasteiger partial charge is 0.200 e. The maximum absolute atomic E-state index is 6.01. The lowest BCUT2D eigenvalue weighted by Gasteiger charge is -2.06.